The number of aromatic nitrogens is 1. The minimum absolute atomic E-state index is 0.397. The smallest absolute Gasteiger partial charge is 0.248 e. The summed E-state index contributed by atoms with van der Waals surface area (Å²) >= 11 is 0. The van der Waals surface area contributed by atoms with Gasteiger partial charge in [0.05, 0.1) is 0 Å². The van der Waals surface area contributed by atoms with Gasteiger partial charge < -0.3 is 11.1 Å². The molecular formula is C14H15N3O. The van der Waals surface area contributed by atoms with Crippen LogP contribution in [0, 0.1) is 0 Å². The van der Waals surface area contributed by atoms with Crippen molar-refractivity contribution in [2.45, 2.75) is 13.1 Å². The Bertz CT molecular complexity index is 526. The number of primary amides is 1. The third-order valence-corrected chi connectivity index (χ3v) is 2.62. The third kappa shape index (κ3) is 3.40. The van der Waals surface area contributed by atoms with Gasteiger partial charge in [0.1, 0.15) is 0 Å². The highest BCUT2D eigenvalue weighted by molar-refractivity contribution is 5.92. The fourth-order valence-corrected chi connectivity index (χ4v) is 1.69. The summed E-state index contributed by atoms with van der Waals surface area (Å²) in [7, 11) is 0. The highest BCUT2D eigenvalue weighted by atomic mass is 16.1. The molecule has 0 unspecified atom stereocenters. The van der Waals surface area contributed by atoms with Crippen molar-refractivity contribution in [1.29, 1.82) is 0 Å². The summed E-state index contributed by atoms with van der Waals surface area (Å²) in [4.78, 5) is 15.0. The van der Waals surface area contributed by atoms with Crippen molar-refractivity contribution in [3.8, 4) is 0 Å². The van der Waals surface area contributed by atoms with E-state index in [2.05, 4.69) is 10.3 Å². The van der Waals surface area contributed by atoms with Crippen LogP contribution in [0.15, 0.2) is 48.8 Å². The average molecular weight is 241 g/mol. The van der Waals surface area contributed by atoms with E-state index < -0.39 is 5.91 Å². The maximum atomic E-state index is 11.0. The SMILES string of the molecule is NC(=O)c1cccc(CNCc2ccncc2)c1. The molecule has 1 aromatic heterocycles. The van der Waals surface area contributed by atoms with E-state index in [1.165, 1.54) is 5.56 Å². The van der Waals surface area contributed by atoms with Gasteiger partial charge in [0, 0.05) is 31.0 Å². The maximum absolute atomic E-state index is 11.0. The minimum Gasteiger partial charge on any atom is -0.366 e. The Morgan fingerprint density at radius 1 is 1.11 bits per heavy atom. The molecule has 0 aliphatic rings. The molecule has 1 amide bonds. The highest BCUT2D eigenvalue weighted by Crippen LogP contribution is 2.05. The number of hydrogen-bond acceptors (Lipinski definition) is 3. The van der Waals surface area contributed by atoms with E-state index in [0.717, 1.165) is 12.1 Å². The molecule has 1 aromatic carbocycles. The largest absolute Gasteiger partial charge is 0.366 e. The lowest BCUT2D eigenvalue weighted by Crippen LogP contribution is -2.14. The third-order valence-electron chi connectivity index (χ3n) is 2.62. The van der Waals surface area contributed by atoms with Gasteiger partial charge in [-0.2, -0.15) is 0 Å². The lowest BCUT2D eigenvalue weighted by atomic mass is 10.1. The molecule has 0 spiro atoms. The molecule has 0 atom stereocenters. The van der Waals surface area contributed by atoms with Crippen LogP contribution in [0.5, 0.6) is 0 Å². The molecule has 0 aliphatic heterocycles. The zero-order valence-electron chi connectivity index (χ0n) is 9.97. The molecule has 92 valence electrons. The topological polar surface area (TPSA) is 68.0 Å². The number of benzene rings is 1. The van der Waals surface area contributed by atoms with Gasteiger partial charge in [-0.25, -0.2) is 0 Å². The second-order valence-corrected chi connectivity index (χ2v) is 4.02. The number of nitrogens with two attached hydrogens (primary N) is 1. The van der Waals surface area contributed by atoms with Gasteiger partial charge in [-0.3, -0.25) is 9.78 Å². The average Bonchev–Trinajstić information content (AvgIpc) is 2.40. The predicted molar refractivity (Wildman–Crippen MR) is 69.7 cm³/mol. The zero-order valence-corrected chi connectivity index (χ0v) is 9.97. The second-order valence-electron chi connectivity index (χ2n) is 4.02. The molecule has 0 fully saturated rings. The number of hydrogen-bond donors (Lipinski definition) is 2. The fourth-order valence-electron chi connectivity index (χ4n) is 1.69. The molecule has 0 radical (unpaired) electrons. The van der Waals surface area contributed by atoms with Crippen LogP contribution in [0.25, 0.3) is 0 Å². The standard InChI is InChI=1S/C14H15N3O/c15-14(18)13-3-1-2-12(8-13)10-17-9-11-4-6-16-7-5-11/h1-8,17H,9-10H2,(H2,15,18). The number of nitrogens with zero attached hydrogens (tertiary/aromatic N) is 1. The zero-order chi connectivity index (χ0) is 12.8. The predicted octanol–water partition coefficient (Wildman–Crippen LogP) is 1.47. The molecule has 4 nitrogen and oxygen atoms in total. The number of pyridine rings is 1. The molecule has 2 aromatic rings. The van der Waals surface area contributed by atoms with Gasteiger partial charge in [-0.15, -0.1) is 0 Å². The van der Waals surface area contributed by atoms with E-state index in [0.29, 0.717) is 12.1 Å². The lowest BCUT2D eigenvalue weighted by Gasteiger charge is -2.06. The summed E-state index contributed by atoms with van der Waals surface area (Å²) in [5.41, 5.74) is 7.99. The van der Waals surface area contributed by atoms with E-state index in [1.54, 1.807) is 18.5 Å². The number of amides is 1. The summed E-state index contributed by atoms with van der Waals surface area (Å²) in [5.74, 6) is -0.397. The Morgan fingerprint density at radius 2 is 1.83 bits per heavy atom. The fraction of sp³-hybridized carbons (Fsp3) is 0.143. The number of nitrogens with one attached hydrogen (secondary N) is 1. The molecule has 3 N–H and O–H groups in total. The molecule has 1 heterocycles. The van der Waals surface area contributed by atoms with Crippen LogP contribution < -0.4 is 11.1 Å². The molecule has 0 aliphatic carbocycles. The Kier molecular flexibility index (Phi) is 4.04. The van der Waals surface area contributed by atoms with Crippen molar-refractivity contribution in [1.82, 2.24) is 10.3 Å². The molecule has 0 bridgehead atoms. The summed E-state index contributed by atoms with van der Waals surface area (Å²) in [6.07, 6.45) is 3.54. The van der Waals surface area contributed by atoms with Crippen molar-refractivity contribution in [2.75, 3.05) is 0 Å². The van der Waals surface area contributed by atoms with Gasteiger partial charge >= 0.3 is 0 Å². The molecule has 2 rings (SSSR count). The first kappa shape index (κ1) is 12.3. The number of carbonyl (C=O) groups is 1. The monoisotopic (exact) mass is 241 g/mol. The Labute approximate surface area is 106 Å². The lowest BCUT2D eigenvalue weighted by molar-refractivity contribution is 0.1000. The molecule has 0 saturated heterocycles. The van der Waals surface area contributed by atoms with Crippen LogP contribution in [-0.2, 0) is 13.1 Å². The first-order valence-corrected chi connectivity index (χ1v) is 5.74. The Morgan fingerprint density at radius 3 is 2.56 bits per heavy atom. The van der Waals surface area contributed by atoms with Gasteiger partial charge in [0.25, 0.3) is 0 Å². The summed E-state index contributed by atoms with van der Waals surface area (Å²) < 4.78 is 0. The Balaban J connectivity index is 1.90. The van der Waals surface area contributed by atoms with Crippen LogP contribution in [0.1, 0.15) is 21.5 Å². The number of rotatable bonds is 5. The van der Waals surface area contributed by atoms with E-state index in [9.17, 15) is 4.79 Å². The first-order chi connectivity index (χ1) is 8.75. The van der Waals surface area contributed by atoms with Crippen LogP contribution in [-0.4, -0.2) is 10.9 Å². The van der Waals surface area contributed by atoms with Crippen molar-refractivity contribution >= 4 is 5.91 Å². The molecular weight excluding hydrogens is 226 g/mol. The van der Waals surface area contributed by atoms with Crippen molar-refractivity contribution in [3.63, 3.8) is 0 Å². The van der Waals surface area contributed by atoms with Gasteiger partial charge in [0.2, 0.25) is 5.91 Å². The van der Waals surface area contributed by atoms with Crippen molar-refractivity contribution < 1.29 is 4.79 Å². The van der Waals surface area contributed by atoms with Crippen LogP contribution >= 0.6 is 0 Å². The summed E-state index contributed by atoms with van der Waals surface area (Å²) in [5, 5.41) is 3.30. The van der Waals surface area contributed by atoms with Crippen molar-refractivity contribution in [2.24, 2.45) is 5.73 Å². The molecule has 18 heavy (non-hydrogen) atoms. The van der Waals surface area contributed by atoms with Gasteiger partial charge in [-0.05, 0) is 35.4 Å². The van der Waals surface area contributed by atoms with E-state index in [1.807, 2.05) is 30.3 Å². The first-order valence-electron chi connectivity index (χ1n) is 5.74. The van der Waals surface area contributed by atoms with Crippen LogP contribution in [0.4, 0.5) is 0 Å². The van der Waals surface area contributed by atoms with E-state index in [4.69, 9.17) is 5.73 Å². The van der Waals surface area contributed by atoms with E-state index >= 15 is 0 Å². The second kappa shape index (κ2) is 5.93. The summed E-state index contributed by atoms with van der Waals surface area (Å²) in [6, 6.07) is 11.3. The number of carbonyl (C=O) groups excluding carboxylic acids is 1. The summed E-state index contributed by atoms with van der Waals surface area (Å²) in [6.45, 7) is 1.47. The van der Waals surface area contributed by atoms with Crippen LogP contribution in [0.3, 0.4) is 0 Å². The molecule has 0 saturated carbocycles. The van der Waals surface area contributed by atoms with Gasteiger partial charge in [0.15, 0.2) is 0 Å². The van der Waals surface area contributed by atoms with Crippen LogP contribution in [0.2, 0.25) is 0 Å². The molecule has 4 heteroatoms. The quantitative estimate of drug-likeness (QED) is 0.833. The highest BCUT2D eigenvalue weighted by Gasteiger charge is 2.00. The van der Waals surface area contributed by atoms with E-state index in [-0.39, 0.29) is 0 Å². The Hall–Kier alpha value is -2.20. The normalized spacial score (nSPS) is 10.2. The maximum Gasteiger partial charge on any atom is 0.248 e. The van der Waals surface area contributed by atoms with Crippen molar-refractivity contribution in [3.05, 3.63) is 65.5 Å². The van der Waals surface area contributed by atoms with Gasteiger partial charge in [-0.1, -0.05) is 12.1 Å². The minimum atomic E-state index is -0.397.